The summed E-state index contributed by atoms with van der Waals surface area (Å²) in [5, 5.41) is 5.45. The number of carbonyl (C=O) groups is 1. The Morgan fingerprint density at radius 1 is 1.27 bits per heavy atom. The van der Waals surface area contributed by atoms with Crippen LogP contribution < -0.4 is 10.1 Å². The van der Waals surface area contributed by atoms with Crippen LogP contribution in [0.2, 0.25) is 0 Å². The van der Waals surface area contributed by atoms with Gasteiger partial charge in [0.15, 0.2) is 0 Å². The second kappa shape index (κ2) is 10.6. The first-order valence-corrected chi connectivity index (χ1v) is 9.89. The lowest BCUT2D eigenvalue weighted by Gasteiger charge is -2.32. The smallest absolute Gasteiger partial charge is 0.253 e. The lowest BCUT2D eigenvalue weighted by Crippen LogP contribution is -2.40. The van der Waals surface area contributed by atoms with E-state index in [0.29, 0.717) is 18.1 Å². The van der Waals surface area contributed by atoms with E-state index in [1.165, 1.54) is 4.88 Å². The molecule has 1 N–H and O–H groups in total. The fourth-order valence-corrected chi connectivity index (χ4v) is 3.76. The molecule has 0 saturated carbocycles. The van der Waals surface area contributed by atoms with Gasteiger partial charge in [0.05, 0.1) is 0 Å². The Morgan fingerprint density at radius 3 is 2.77 bits per heavy atom. The van der Waals surface area contributed by atoms with Crippen molar-refractivity contribution in [2.24, 2.45) is 5.92 Å². The molecule has 26 heavy (non-hydrogen) atoms. The van der Waals surface area contributed by atoms with Crippen LogP contribution >= 0.6 is 23.7 Å². The third-order valence-electron chi connectivity index (χ3n) is 4.63. The maximum atomic E-state index is 12.8. The Labute approximate surface area is 166 Å². The summed E-state index contributed by atoms with van der Waals surface area (Å²) in [6.45, 7) is 6.43. The fourth-order valence-electron chi connectivity index (χ4n) is 3.14. The molecule has 0 atom stereocenters. The van der Waals surface area contributed by atoms with Gasteiger partial charge < -0.3 is 15.0 Å². The number of hydrogen-bond donors (Lipinski definition) is 1. The normalized spacial score (nSPS) is 14.7. The summed E-state index contributed by atoms with van der Waals surface area (Å²) in [6.07, 6.45) is 2.15. The molecule has 0 radical (unpaired) electrons. The molecule has 1 aromatic heterocycles. The first kappa shape index (κ1) is 20.7. The van der Waals surface area contributed by atoms with Crippen molar-refractivity contribution in [1.29, 1.82) is 0 Å². The second-order valence-corrected chi connectivity index (χ2v) is 7.47. The number of thiophene rings is 1. The van der Waals surface area contributed by atoms with Crippen LogP contribution in [0.25, 0.3) is 0 Å². The van der Waals surface area contributed by atoms with Crippen LogP contribution in [0.3, 0.4) is 0 Å². The molecular weight excluding hydrogens is 368 g/mol. The maximum absolute atomic E-state index is 12.8. The van der Waals surface area contributed by atoms with E-state index in [1.54, 1.807) is 11.3 Å². The number of ether oxygens (including phenoxy) is 1. The molecular formula is C20H27ClN2O2S. The number of piperidine rings is 1. The van der Waals surface area contributed by atoms with E-state index in [-0.39, 0.29) is 18.3 Å². The summed E-state index contributed by atoms with van der Waals surface area (Å²) in [7, 11) is 0. The van der Waals surface area contributed by atoms with Crippen LogP contribution in [0.5, 0.6) is 5.75 Å². The van der Waals surface area contributed by atoms with Gasteiger partial charge in [-0.25, -0.2) is 0 Å². The number of halogens is 1. The van der Waals surface area contributed by atoms with Gasteiger partial charge in [-0.15, -0.1) is 23.7 Å². The molecule has 6 heteroatoms. The molecule has 1 aromatic carbocycles. The molecule has 1 fully saturated rings. The van der Waals surface area contributed by atoms with Crippen molar-refractivity contribution >= 4 is 29.7 Å². The van der Waals surface area contributed by atoms with Crippen LogP contribution in [0.1, 0.15) is 35.0 Å². The lowest BCUT2D eigenvalue weighted by molar-refractivity contribution is 0.0690. The number of amides is 1. The third-order valence-corrected chi connectivity index (χ3v) is 5.48. The van der Waals surface area contributed by atoms with E-state index in [1.807, 2.05) is 40.6 Å². The summed E-state index contributed by atoms with van der Waals surface area (Å²) in [6, 6.07) is 11.6. The van der Waals surface area contributed by atoms with E-state index in [9.17, 15) is 4.79 Å². The van der Waals surface area contributed by atoms with Gasteiger partial charge in [0.2, 0.25) is 0 Å². The quantitative estimate of drug-likeness (QED) is 0.764. The first-order valence-electron chi connectivity index (χ1n) is 9.01. The fraction of sp³-hybridized carbons (Fsp3) is 0.450. The average Bonchev–Trinajstić information content (AvgIpc) is 3.18. The van der Waals surface area contributed by atoms with Crippen molar-refractivity contribution in [2.45, 2.75) is 26.4 Å². The van der Waals surface area contributed by atoms with Crippen molar-refractivity contribution in [3.8, 4) is 5.75 Å². The van der Waals surface area contributed by atoms with Crippen LogP contribution in [-0.4, -0.2) is 37.0 Å². The highest BCUT2D eigenvalue weighted by molar-refractivity contribution is 7.09. The van der Waals surface area contributed by atoms with Gasteiger partial charge in [-0.05, 0) is 61.5 Å². The lowest BCUT2D eigenvalue weighted by atomic mass is 9.96. The Hall–Kier alpha value is -1.56. The van der Waals surface area contributed by atoms with E-state index < -0.39 is 0 Å². The highest BCUT2D eigenvalue weighted by Gasteiger charge is 2.23. The summed E-state index contributed by atoms with van der Waals surface area (Å²) in [5.41, 5.74) is 0.716. The summed E-state index contributed by atoms with van der Waals surface area (Å²) in [5.74, 6) is 1.55. The zero-order chi connectivity index (χ0) is 17.5. The molecule has 4 nitrogen and oxygen atoms in total. The van der Waals surface area contributed by atoms with Crippen molar-refractivity contribution in [2.75, 3.05) is 26.2 Å². The second-order valence-electron chi connectivity index (χ2n) is 6.44. The predicted molar refractivity (Wildman–Crippen MR) is 110 cm³/mol. The van der Waals surface area contributed by atoms with Crippen LogP contribution in [0.4, 0.5) is 0 Å². The summed E-state index contributed by atoms with van der Waals surface area (Å²) >= 11 is 1.68. The molecule has 142 valence electrons. The number of benzene rings is 1. The van der Waals surface area contributed by atoms with Crippen molar-refractivity contribution < 1.29 is 9.53 Å². The van der Waals surface area contributed by atoms with E-state index >= 15 is 0 Å². The third kappa shape index (κ3) is 5.73. The molecule has 0 bridgehead atoms. The van der Waals surface area contributed by atoms with E-state index in [2.05, 4.69) is 18.3 Å². The SMILES string of the molecule is CCNCC1CCN(C(=O)c2cccc(OCc3cccs3)c2)CC1.Cl. The highest BCUT2D eigenvalue weighted by Crippen LogP contribution is 2.21. The standard InChI is InChI=1S/C20H26N2O2S.ClH/c1-2-21-14-16-8-10-22(11-9-16)20(23)17-5-3-6-18(13-17)24-15-19-7-4-12-25-19;/h3-7,12-13,16,21H,2,8-11,14-15H2,1H3;1H. The van der Waals surface area contributed by atoms with Crippen molar-refractivity contribution in [1.82, 2.24) is 10.2 Å². The summed E-state index contributed by atoms with van der Waals surface area (Å²) < 4.78 is 5.82. The van der Waals surface area contributed by atoms with Gasteiger partial charge in [0.25, 0.3) is 5.91 Å². The van der Waals surface area contributed by atoms with Gasteiger partial charge >= 0.3 is 0 Å². The Bertz CT molecular complexity index is 670. The molecule has 2 heterocycles. The monoisotopic (exact) mass is 394 g/mol. The maximum Gasteiger partial charge on any atom is 0.253 e. The molecule has 1 amide bonds. The minimum atomic E-state index is 0. The van der Waals surface area contributed by atoms with Gasteiger partial charge in [0.1, 0.15) is 12.4 Å². The Balaban J connectivity index is 0.00000243. The molecule has 3 rings (SSSR count). The van der Waals surface area contributed by atoms with Gasteiger partial charge in [-0.1, -0.05) is 19.1 Å². The molecule has 1 aliphatic heterocycles. The molecule has 1 saturated heterocycles. The number of carbonyl (C=O) groups excluding carboxylic acids is 1. The number of rotatable bonds is 7. The summed E-state index contributed by atoms with van der Waals surface area (Å²) in [4.78, 5) is 15.9. The number of likely N-dealkylation sites (tertiary alicyclic amines) is 1. The zero-order valence-electron chi connectivity index (χ0n) is 15.1. The Kier molecular flexibility index (Phi) is 8.42. The van der Waals surface area contributed by atoms with Gasteiger partial charge in [-0.3, -0.25) is 4.79 Å². The zero-order valence-corrected chi connectivity index (χ0v) is 16.8. The van der Waals surface area contributed by atoms with Crippen molar-refractivity contribution in [3.05, 3.63) is 52.2 Å². The minimum absolute atomic E-state index is 0. The number of hydrogen-bond acceptors (Lipinski definition) is 4. The van der Waals surface area contributed by atoms with Crippen molar-refractivity contribution in [3.63, 3.8) is 0 Å². The molecule has 0 unspecified atom stereocenters. The van der Waals surface area contributed by atoms with Gasteiger partial charge in [0, 0.05) is 23.5 Å². The largest absolute Gasteiger partial charge is 0.488 e. The molecule has 2 aromatic rings. The number of nitrogens with one attached hydrogen (secondary N) is 1. The molecule has 0 spiro atoms. The first-order chi connectivity index (χ1) is 12.3. The topological polar surface area (TPSA) is 41.6 Å². The molecule has 0 aliphatic carbocycles. The molecule has 1 aliphatic rings. The highest BCUT2D eigenvalue weighted by atomic mass is 35.5. The van der Waals surface area contributed by atoms with Crippen LogP contribution in [-0.2, 0) is 6.61 Å². The predicted octanol–water partition coefficient (Wildman–Crippen LogP) is 4.21. The minimum Gasteiger partial charge on any atom is -0.488 e. The number of nitrogens with zero attached hydrogens (tertiary/aromatic N) is 1. The van der Waals surface area contributed by atoms with Gasteiger partial charge in [-0.2, -0.15) is 0 Å². The van der Waals surface area contributed by atoms with Crippen LogP contribution in [0, 0.1) is 5.92 Å². The van der Waals surface area contributed by atoms with Crippen LogP contribution in [0.15, 0.2) is 41.8 Å². The van der Waals surface area contributed by atoms with E-state index in [4.69, 9.17) is 4.74 Å². The van der Waals surface area contributed by atoms with E-state index in [0.717, 1.165) is 44.8 Å². The Morgan fingerprint density at radius 2 is 2.08 bits per heavy atom. The average molecular weight is 395 g/mol.